The SMILES string of the molecule is N=C(N)N1CCN(Cc2cccnc2SCc2cccc(-c3ccccc3)c2)CC1. The van der Waals surface area contributed by atoms with Gasteiger partial charge in [-0.05, 0) is 28.3 Å². The minimum atomic E-state index is 0.171. The fraction of sp³-hybridized carbons (Fsp3) is 0.250. The molecule has 1 saturated heterocycles. The maximum absolute atomic E-state index is 7.59. The van der Waals surface area contributed by atoms with Gasteiger partial charge in [-0.25, -0.2) is 4.98 Å². The molecule has 0 amide bonds. The van der Waals surface area contributed by atoms with Gasteiger partial charge in [-0.1, -0.05) is 60.7 Å². The average Bonchev–Trinajstić information content (AvgIpc) is 2.80. The van der Waals surface area contributed by atoms with Crippen LogP contribution in [0, 0.1) is 5.41 Å². The van der Waals surface area contributed by atoms with Crippen molar-refractivity contribution in [1.29, 1.82) is 5.41 Å². The van der Waals surface area contributed by atoms with Crippen LogP contribution in [-0.4, -0.2) is 46.9 Å². The number of aromatic nitrogens is 1. The molecule has 0 unspecified atom stereocenters. The molecule has 154 valence electrons. The molecule has 5 nitrogen and oxygen atoms in total. The van der Waals surface area contributed by atoms with E-state index in [2.05, 4.69) is 64.5 Å². The standard InChI is InChI=1S/C24H27N5S/c25-24(26)29-14-12-28(13-15-29)17-22-10-5-11-27-23(22)30-18-19-6-4-9-21(16-19)20-7-2-1-3-8-20/h1-11,16H,12-15,17-18H2,(H3,25,26). The molecule has 1 aromatic heterocycles. The number of hydrogen-bond acceptors (Lipinski definition) is 4. The van der Waals surface area contributed by atoms with Gasteiger partial charge in [-0.15, -0.1) is 11.8 Å². The fourth-order valence-electron chi connectivity index (χ4n) is 3.69. The van der Waals surface area contributed by atoms with Crippen molar-refractivity contribution in [2.45, 2.75) is 17.3 Å². The lowest BCUT2D eigenvalue weighted by Gasteiger charge is -2.35. The monoisotopic (exact) mass is 417 g/mol. The minimum Gasteiger partial charge on any atom is -0.370 e. The maximum Gasteiger partial charge on any atom is 0.188 e. The number of nitrogens with zero attached hydrogens (tertiary/aromatic N) is 3. The highest BCUT2D eigenvalue weighted by molar-refractivity contribution is 7.98. The molecular weight excluding hydrogens is 390 g/mol. The van der Waals surface area contributed by atoms with E-state index < -0.39 is 0 Å². The second kappa shape index (κ2) is 9.78. The Morgan fingerprint density at radius 1 is 0.933 bits per heavy atom. The van der Waals surface area contributed by atoms with E-state index in [1.165, 1.54) is 22.3 Å². The van der Waals surface area contributed by atoms with E-state index in [0.29, 0.717) is 0 Å². The van der Waals surface area contributed by atoms with Crippen LogP contribution in [0.15, 0.2) is 78.0 Å². The summed E-state index contributed by atoms with van der Waals surface area (Å²) in [6.45, 7) is 4.33. The molecule has 1 aliphatic heterocycles. The van der Waals surface area contributed by atoms with Gasteiger partial charge in [-0.3, -0.25) is 10.3 Å². The summed E-state index contributed by atoms with van der Waals surface area (Å²) in [6.07, 6.45) is 1.87. The second-order valence-electron chi connectivity index (χ2n) is 7.47. The first-order valence-electron chi connectivity index (χ1n) is 10.2. The molecule has 1 aliphatic rings. The van der Waals surface area contributed by atoms with Crippen LogP contribution in [0.25, 0.3) is 11.1 Å². The number of nitrogens with one attached hydrogen (secondary N) is 1. The lowest BCUT2D eigenvalue weighted by atomic mass is 10.0. The van der Waals surface area contributed by atoms with Crippen molar-refractivity contribution in [2.75, 3.05) is 26.2 Å². The maximum atomic E-state index is 7.59. The summed E-state index contributed by atoms with van der Waals surface area (Å²) < 4.78 is 0. The van der Waals surface area contributed by atoms with Crippen LogP contribution in [0.3, 0.4) is 0 Å². The van der Waals surface area contributed by atoms with Crippen molar-refractivity contribution in [3.05, 3.63) is 84.1 Å². The Hall–Kier alpha value is -2.83. The highest BCUT2D eigenvalue weighted by Gasteiger charge is 2.18. The van der Waals surface area contributed by atoms with E-state index in [-0.39, 0.29) is 5.96 Å². The number of rotatable bonds is 6. The van der Waals surface area contributed by atoms with E-state index in [4.69, 9.17) is 11.1 Å². The van der Waals surface area contributed by atoms with Gasteiger partial charge >= 0.3 is 0 Å². The third-order valence-corrected chi connectivity index (χ3v) is 6.49. The van der Waals surface area contributed by atoms with Gasteiger partial charge in [0.25, 0.3) is 0 Å². The van der Waals surface area contributed by atoms with E-state index >= 15 is 0 Å². The largest absolute Gasteiger partial charge is 0.370 e. The van der Waals surface area contributed by atoms with Crippen LogP contribution >= 0.6 is 11.8 Å². The van der Waals surface area contributed by atoms with Gasteiger partial charge in [0.15, 0.2) is 5.96 Å². The van der Waals surface area contributed by atoms with Crippen LogP contribution < -0.4 is 5.73 Å². The van der Waals surface area contributed by atoms with Crippen LogP contribution in [0.2, 0.25) is 0 Å². The lowest BCUT2D eigenvalue weighted by molar-refractivity contribution is 0.172. The Balaban J connectivity index is 1.40. The zero-order valence-corrected chi connectivity index (χ0v) is 17.8. The molecule has 3 N–H and O–H groups in total. The van der Waals surface area contributed by atoms with Gasteiger partial charge < -0.3 is 10.6 Å². The Labute approximate surface area is 182 Å². The molecule has 6 heteroatoms. The zero-order chi connectivity index (χ0) is 20.8. The number of benzene rings is 2. The van der Waals surface area contributed by atoms with Gasteiger partial charge in [0.05, 0.1) is 0 Å². The predicted molar refractivity (Wildman–Crippen MR) is 124 cm³/mol. The number of guanidine groups is 1. The van der Waals surface area contributed by atoms with Crippen LogP contribution in [0.5, 0.6) is 0 Å². The average molecular weight is 418 g/mol. The summed E-state index contributed by atoms with van der Waals surface area (Å²) in [5.74, 6) is 1.06. The number of thioether (sulfide) groups is 1. The quantitative estimate of drug-likeness (QED) is 0.360. The highest BCUT2D eigenvalue weighted by Crippen LogP contribution is 2.27. The molecular formula is C24H27N5S. The molecule has 0 atom stereocenters. The van der Waals surface area contributed by atoms with E-state index in [1.807, 2.05) is 23.2 Å². The van der Waals surface area contributed by atoms with Gasteiger partial charge in [0, 0.05) is 44.7 Å². The summed E-state index contributed by atoms with van der Waals surface area (Å²) in [6, 6.07) is 23.4. The molecule has 0 radical (unpaired) electrons. The number of piperazine rings is 1. The number of nitrogens with two attached hydrogens (primary N) is 1. The molecule has 0 spiro atoms. The molecule has 1 fully saturated rings. The Bertz CT molecular complexity index is 984. The Morgan fingerprint density at radius 3 is 2.47 bits per heavy atom. The second-order valence-corrected chi connectivity index (χ2v) is 8.44. The van der Waals surface area contributed by atoms with Crippen LogP contribution in [-0.2, 0) is 12.3 Å². The molecule has 0 bridgehead atoms. The third-order valence-electron chi connectivity index (χ3n) is 5.37. The summed E-state index contributed by atoms with van der Waals surface area (Å²) in [7, 11) is 0. The van der Waals surface area contributed by atoms with Gasteiger partial charge in [0.2, 0.25) is 0 Å². The first-order valence-corrected chi connectivity index (χ1v) is 11.2. The highest BCUT2D eigenvalue weighted by atomic mass is 32.2. The minimum absolute atomic E-state index is 0.171. The summed E-state index contributed by atoms with van der Waals surface area (Å²) in [5.41, 5.74) is 10.7. The number of pyridine rings is 1. The van der Waals surface area contributed by atoms with Gasteiger partial charge in [0.1, 0.15) is 5.03 Å². The lowest BCUT2D eigenvalue weighted by Crippen LogP contribution is -2.50. The van der Waals surface area contributed by atoms with Crippen molar-refractivity contribution in [3.63, 3.8) is 0 Å². The molecule has 3 aromatic rings. The molecule has 2 aromatic carbocycles. The van der Waals surface area contributed by atoms with E-state index in [0.717, 1.165) is 43.5 Å². The van der Waals surface area contributed by atoms with E-state index in [9.17, 15) is 0 Å². The first-order chi connectivity index (χ1) is 14.7. The van der Waals surface area contributed by atoms with Crippen molar-refractivity contribution < 1.29 is 0 Å². The third kappa shape index (κ3) is 5.20. The van der Waals surface area contributed by atoms with Crippen molar-refractivity contribution >= 4 is 17.7 Å². The zero-order valence-electron chi connectivity index (χ0n) is 17.0. The smallest absolute Gasteiger partial charge is 0.188 e. The van der Waals surface area contributed by atoms with E-state index in [1.54, 1.807) is 11.8 Å². The number of hydrogen-bond donors (Lipinski definition) is 2. The predicted octanol–water partition coefficient (Wildman–Crippen LogP) is 4.05. The molecule has 2 heterocycles. The molecule has 30 heavy (non-hydrogen) atoms. The Kier molecular flexibility index (Phi) is 6.67. The normalized spacial score (nSPS) is 14.6. The fourth-order valence-corrected chi connectivity index (χ4v) is 4.62. The van der Waals surface area contributed by atoms with Crippen LogP contribution in [0.4, 0.5) is 0 Å². The summed E-state index contributed by atoms with van der Waals surface area (Å²) in [5, 5.41) is 8.68. The molecule has 4 rings (SSSR count). The summed E-state index contributed by atoms with van der Waals surface area (Å²) in [4.78, 5) is 8.99. The van der Waals surface area contributed by atoms with Crippen molar-refractivity contribution in [3.8, 4) is 11.1 Å². The Morgan fingerprint density at radius 2 is 1.70 bits per heavy atom. The molecule has 0 aliphatic carbocycles. The topological polar surface area (TPSA) is 69.2 Å². The molecule has 0 saturated carbocycles. The van der Waals surface area contributed by atoms with Gasteiger partial charge in [-0.2, -0.15) is 0 Å². The van der Waals surface area contributed by atoms with Crippen molar-refractivity contribution in [2.24, 2.45) is 5.73 Å². The summed E-state index contributed by atoms with van der Waals surface area (Å²) >= 11 is 1.80. The van der Waals surface area contributed by atoms with Crippen LogP contribution in [0.1, 0.15) is 11.1 Å². The first kappa shape index (κ1) is 20.4. The van der Waals surface area contributed by atoms with Crippen molar-refractivity contribution in [1.82, 2.24) is 14.8 Å².